The molecule has 2 fully saturated rings. The predicted octanol–water partition coefficient (Wildman–Crippen LogP) is 1.42. The SMILES string of the molecule is CN=C(NC1CCN(CC(F)(F)F)C1)NC1CCN(CC(F)(F)F)C1. The van der Waals surface area contributed by atoms with E-state index in [2.05, 4.69) is 15.6 Å². The van der Waals surface area contributed by atoms with Gasteiger partial charge in [0.15, 0.2) is 5.96 Å². The van der Waals surface area contributed by atoms with E-state index in [-0.39, 0.29) is 25.2 Å². The first-order valence-corrected chi connectivity index (χ1v) is 8.12. The monoisotopic (exact) mass is 375 g/mol. The molecular formula is C14H23F6N5. The maximum atomic E-state index is 12.4. The lowest BCUT2D eigenvalue weighted by molar-refractivity contribution is -0.144. The van der Waals surface area contributed by atoms with Crippen molar-refractivity contribution >= 4 is 5.96 Å². The highest BCUT2D eigenvalue weighted by Crippen LogP contribution is 2.21. The van der Waals surface area contributed by atoms with Gasteiger partial charge < -0.3 is 10.6 Å². The van der Waals surface area contributed by atoms with Crippen LogP contribution in [0.1, 0.15) is 12.8 Å². The van der Waals surface area contributed by atoms with E-state index in [9.17, 15) is 26.3 Å². The second-order valence-corrected chi connectivity index (χ2v) is 6.53. The lowest BCUT2D eigenvalue weighted by Crippen LogP contribution is -2.49. The van der Waals surface area contributed by atoms with E-state index in [0.717, 1.165) is 0 Å². The van der Waals surface area contributed by atoms with Crippen LogP contribution in [0, 0.1) is 0 Å². The highest BCUT2D eigenvalue weighted by molar-refractivity contribution is 5.80. The summed E-state index contributed by atoms with van der Waals surface area (Å²) < 4.78 is 74.4. The molecule has 2 rings (SSSR count). The van der Waals surface area contributed by atoms with Gasteiger partial charge in [-0.15, -0.1) is 0 Å². The first-order valence-electron chi connectivity index (χ1n) is 8.12. The quantitative estimate of drug-likeness (QED) is 0.443. The second kappa shape index (κ2) is 7.98. The molecule has 0 radical (unpaired) electrons. The highest BCUT2D eigenvalue weighted by Gasteiger charge is 2.36. The first kappa shape index (κ1) is 20.1. The molecule has 0 aromatic rings. The average Bonchev–Trinajstić information content (AvgIpc) is 3.04. The van der Waals surface area contributed by atoms with Gasteiger partial charge in [-0.2, -0.15) is 26.3 Å². The van der Waals surface area contributed by atoms with Crippen molar-refractivity contribution in [3.63, 3.8) is 0 Å². The van der Waals surface area contributed by atoms with Crippen molar-refractivity contribution < 1.29 is 26.3 Å². The first-order chi connectivity index (χ1) is 11.5. The largest absolute Gasteiger partial charge is 0.401 e. The third kappa shape index (κ3) is 7.27. The third-order valence-electron chi connectivity index (χ3n) is 4.26. The van der Waals surface area contributed by atoms with Crippen LogP contribution in [0.4, 0.5) is 26.3 Å². The second-order valence-electron chi connectivity index (χ2n) is 6.53. The minimum atomic E-state index is -4.22. The third-order valence-corrected chi connectivity index (χ3v) is 4.26. The Morgan fingerprint density at radius 1 is 0.880 bits per heavy atom. The molecule has 0 amide bonds. The van der Waals surface area contributed by atoms with Crippen LogP contribution >= 0.6 is 0 Å². The highest BCUT2D eigenvalue weighted by atomic mass is 19.4. The molecule has 2 unspecified atom stereocenters. The maximum absolute atomic E-state index is 12.4. The zero-order valence-electron chi connectivity index (χ0n) is 13.9. The van der Waals surface area contributed by atoms with Crippen LogP contribution in [-0.4, -0.2) is 86.5 Å². The topological polar surface area (TPSA) is 42.9 Å². The molecule has 5 nitrogen and oxygen atoms in total. The van der Waals surface area contributed by atoms with Crippen molar-refractivity contribution in [1.29, 1.82) is 0 Å². The van der Waals surface area contributed by atoms with E-state index in [0.29, 0.717) is 31.9 Å². The summed E-state index contributed by atoms with van der Waals surface area (Å²) in [5, 5.41) is 6.12. The molecule has 146 valence electrons. The summed E-state index contributed by atoms with van der Waals surface area (Å²) in [6, 6.07) is -0.331. The maximum Gasteiger partial charge on any atom is 0.401 e. The number of guanidine groups is 1. The number of nitrogens with zero attached hydrogens (tertiary/aromatic N) is 3. The van der Waals surface area contributed by atoms with Gasteiger partial charge >= 0.3 is 12.4 Å². The molecule has 25 heavy (non-hydrogen) atoms. The molecule has 2 N–H and O–H groups in total. The van der Waals surface area contributed by atoms with E-state index in [1.165, 1.54) is 16.8 Å². The van der Waals surface area contributed by atoms with Crippen molar-refractivity contribution in [3.05, 3.63) is 0 Å². The van der Waals surface area contributed by atoms with Gasteiger partial charge in [0, 0.05) is 45.3 Å². The molecule has 0 aliphatic carbocycles. The number of rotatable bonds is 4. The van der Waals surface area contributed by atoms with Crippen LogP contribution in [0.15, 0.2) is 4.99 Å². The molecule has 0 saturated carbocycles. The van der Waals surface area contributed by atoms with Crippen molar-refractivity contribution in [2.75, 3.05) is 46.3 Å². The number of hydrogen-bond donors (Lipinski definition) is 2. The van der Waals surface area contributed by atoms with Crippen LogP contribution in [0.3, 0.4) is 0 Å². The molecule has 2 aliphatic heterocycles. The lowest BCUT2D eigenvalue weighted by Gasteiger charge is -2.22. The Morgan fingerprint density at radius 2 is 1.28 bits per heavy atom. The fraction of sp³-hybridized carbons (Fsp3) is 0.929. The summed E-state index contributed by atoms with van der Waals surface area (Å²) in [6.07, 6.45) is -7.33. The number of nitrogens with one attached hydrogen (secondary N) is 2. The smallest absolute Gasteiger partial charge is 0.352 e. The summed E-state index contributed by atoms with van der Waals surface area (Å²) >= 11 is 0. The fourth-order valence-corrected chi connectivity index (χ4v) is 3.25. The molecule has 2 saturated heterocycles. The molecule has 0 aromatic carbocycles. The van der Waals surface area contributed by atoms with Gasteiger partial charge in [0.1, 0.15) is 0 Å². The van der Waals surface area contributed by atoms with Crippen LogP contribution in [0.25, 0.3) is 0 Å². The summed E-state index contributed by atoms with van der Waals surface area (Å²) in [6.45, 7) is -0.678. The Labute approximate surface area is 142 Å². The van der Waals surface area contributed by atoms with Gasteiger partial charge in [-0.25, -0.2) is 0 Å². The van der Waals surface area contributed by atoms with Crippen LogP contribution in [-0.2, 0) is 0 Å². The number of halogens is 6. The Bertz CT molecular complexity index is 426. The van der Waals surface area contributed by atoms with Crippen molar-refractivity contribution in [1.82, 2.24) is 20.4 Å². The predicted molar refractivity (Wildman–Crippen MR) is 81.4 cm³/mol. The molecule has 0 spiro atoms. The average molecular weight is 375 g/mol. The van der Waals surface area contributed by atoms with E-state index in [1.807, 2.05) is 0 Å². The fourth-order valence-electron chi connectivity index (χ4n) is 3.25. The van der Waals surface area contributed by atoms with Gasteiger partial charge in [-0.3, -0.25) is 14.8 Å². The number of alkyl halides is 6. The van der Waals surface area contributed by atoms with Crippen molar-refractivity contribution in [3.8, 4) is 0 Å². The molecule has 2 aliphatic rings. The zero-order valence-corrected chi connectivity index (χ0v) is 13.9. The van der Waals surface area contributed by atoms with Gasteiger partial charge in [-0.1, -0.05) is 0 Å². The normalized spacial score (nSPS) is 26.0. The Morgan fingerprint density at radius 3 is 1.60 bits per heavy atom. The number of aliphatic imine (C=N–C) groups is 1. The standard InChI is InChI=1S/C14H23F6N5/c1-21-12(22-10-2-4-24(6-10)8-13(15,16)17)23-11-3-5-25(7-11)9-14(18,19)20/h10-11H,2-9H2,1H3,(H2,21,22,23). The molecular weight excluding hydrogens is 352 g/mol. The number of likely N-dealkylation sites (tertiary alicyclic amines) is 2. The van der Waals surface area contributed by atoms with Gasteiger partial charge in [0.25, 0.3) is 0 Å². The molecule has 2 atom stereocenters. The lowest BCUT2D eigenvalue weighted by atomic mass is 10.2. The molecule has 0 aromatic heterocycles. The Hall–Kier alpha value is -1.23. The summed E-state index contributed by atoms with van der Waals surface area (Å²) in [4.78, 5) is 6.68. The van der Waals surface area contributed by atoms with Crippen LogP contribution < -0.4 is 10.6 Å². The molecule has 2 heterocycles. The van der Waals surface area contributed by atoms with E-state index in [1.54, 1.807) is 0 Å². The van der Waals surface area contributed by atoms with Crippen LogP contribution in [0.5, 0.6) is 0 Å². The zero-order chi connectivity index (χ0) is 18.7. The Balaban J connectivity index is 1.75. The van der Waals surface area contributed by atoms with Gasteiger partial charge in [0.2, 0.25) is 0 Å². The number of hydrogen-bond acceptors (Lipinski definition) is 3. The minimum Gasteiger partial charge on any atom is -0.352 e. The van der Waals surface area contributed by atoms with Crippen molar-refractivity contribution in [2.45, 2.75) is 37.3 Å². The molecule has 0 bridgehead atoms. The van der Waals surface area contributed by atoms with Crippen LogP contribution in [0.2, 0.25) is 0 Å². The van der Waals surface area contributed by atoms with E-state index < -0.39 is 25.4 Å². The van der Waals surface area contributed by atoms with E-state index >= 15 is 0 Å². The minimum absolute atomic E-state index is 0.166. The summed E-state index contributed by atoms with van der Waals surface area (Å²) in [5.41, 5.74) is 0. The van der Waals surface area contributed by atoms with E-state index in [4.69, 9.17) is 0 Å². The molecule has 11 heteroatoms. The van der Waals surface area contributed by atoms with Crippen molar-refractivity contribution in [2.24, 2.45) is 4.99 Å². The Kier molecular flexibility index (Phi) is 6.41. The summed E-state index contributed by atoms with van der Waals surface area (Å²) in [5.74, 6) is 0.415. The van der Waals surface area contributed by atoms with Gasteiger partial charge in [-0.05, 0) is 12.8 Å². The summed E-state index contributed by atoms with van der Waals surface area (Å²) in [7, 11) is 1.53. The van der Waals surface area contributed by atoms with Gasteiger partial charge in [0.05, 0.1) is 13.1 Å².